The van der Waals surface area contributed by atoms with E-state index in [2.05, 4.69) is 9.97 Å². The number of thioether (sulfide) groups is 2. The fourth-order valence-corrected chi connectivity index (χ4v) is 5.91. The Labute approximate surface area is 163 Å². The molecule has 0 N–H and O–H groups in total. The van der Waals surface area contributed by atoms with Gasteiger partial charge in [0.1, 0.15) is 15.7 Å². The van der Waals surface area contributed by atoms with Gasteiger partial charge in [0.2, 0.25) is 0 Å². The maximum atomic E-state index is 13.0. The highest BCUT2D eigenvalue weighted by Crippen LogP contribution is 2.40. The van der Waals surface area contributed by atoms with Gasteiger partial charge in [0.25, 0.3) is 0 Å². The van der Waals surface area contributed by atoms with E-state index in [1.54, 1.807) is 11.3 Å². The molecule has 1 aliphatic carbocycles. The van der Waals surface area contributed by atoms with Gasteiger partial charge in [-0.3, -0.25) is 4.79 Å². The zero-order valence-corrected chi connectivity index (χ0v) is 16.7. The van der Waals surface area contributed by atoms with Gasteiger partial charge < -0.3 is 0 Å². The number of hydrogen-bond acceptors (Lipinski definition) is 6. The van der Waals surface area contributed by atoms with Crippen LogP contribution in [0.1, 0.15) is 33.6 Å². The van der Waals surface area contributed by atoms with E-state index in [0.29, 0.717) is 5.56 Å². The van der Waals surface area contributed by atoms with Gasteiger partial charge >= 0.3 is 0 Å². The molecule has 26 heavy (non-hydrogen) atoms. The van der Waals surface area contributed by atoms with Crippen LogP contribution in [-0.2, 0) is 12.8 Å². The van der Waals surface area contributed by atoms with Crippen molar-refractivity contribution in [2.45, 2.75) is 35.9 Å². The average molecular weight is 405 g/mol. The summed E-state index contributed by atoms with van der Waals surface area (Å²) >= 11 is 4.75. The highest BCUT2D eigenvalue weighted by atomic mass is 32.2. The fourth-order valence-electron chi connectivity index (χ4n) is 3.15. The maximum absolute atomic E-state index is 13.0. The highest BCUT2D eigenvalue weighted by molar-refractivity contribution is 8.00. The molecule has 0 bridgehead atoms. The number of aryl methyl sites for hydroxylation is 2. The molecule has 0 radical (unpaired) electrons. The molecule has 0 unspecified atom stereocenters. The van der Waals surface area contributed by atoms with E-state index in [1.165, 1.54) is 71.1 Å². The van der Waals surface area contributed by atoms with Crippen LogP contribution in [0.5, 0.6) is 0 Å². The molecular formula is C19H17FN2OS3. The first-order valence-corrected chi connectivity index (χ1v) is 11.5. The first kappa shape index (κ1) is 17.9. The number of ketones is 1. The van der Waals surface area contributed by atoms with Crippen molar-refractivity contribution >= 4 is 50.9 Å². The predicted molar refractivity (Wildman–Crippen MR) is 107 cm³/mol. The number of carbonyl (C=O) groups excluding carboxylic acids is 1. The lowest BCUT2D eigenvalue weighted by Gasteiger charge is -2.11. The number of carbonyl (C=O) groups is 1. The van der Waals surface area contributed by atoms with E-state index >= 15 is 0 Å². The molecule has 0 aliphatic heterocycles. The van der Waals surface area contributed by atoms with E-state index in [1.807, 2.05) is 6.26 Å². The first-order chi connectivity index (χ1) is 12.7. The van der Waals surface area contributed by atoms with E-state index in [4.69, 9.17) is 0 Å². The second-order valence-corrected chi connectivity index (χ2v) is 8.95. The Bertz CT molecular complexity index is 969. The lowest BCUT2D eigenvalue weighted by atomic mass is 9.97. The standard InChI is InChI=1S/C19H17FN2OS3/c1-24-19-21-17(25-10-14(23)11-6-8-12(20)9-7-11)16-13-4-2-3-5-15(13)26-18(16)22-19/h6-9H,2-5,10H2,1H3. The number of Topliss-reactive ketones (excluding diaryl/α,β-unsaturated/α-hetero) is 1. The minimum atomic E-state index is -0.332. The topological polar surface area (TPSA) is 42.9 Å². The molecule has 0 saturated carbocycles. The lowest BCUT2D eigenvalue weighted by Crippen LogP contribution is -2.04. The Kier molecular flexibility index (Phi) is 5.29. The molecular weight excluding hydrogens is 387 g/mol. The minimum absolute atomic E-state index is 0.0171. The van der Waals surface area contributed by atoms with Crippen molar-refractivity contribution in [2.75, 3.05) is 12.0 Å². The number of aromatic nitrogens is 2. The van der Waals surface area contributed by atoms with Gasteiger partial charge in [0.15, 0.2) is 10.9 Å². The number of fused-ring (bicyclic) bond motifs is 3. The number of rotatable bonds is 5. The number of benzene rings is 1. The third-order valence-electron chi connectivity index (χ3n) is 4.45. The summed E-state index contributed by atoms with van der Waals surface area (Å²) in [5.41, 5.74) is 1.90. The molecule has 3 nitrogen and oxygen atoms in total. The molecule has 2 aromatic heterocycles. The highest BCUT2D eigenvalue weighted by Gasteiger charge is 2.22. The second-order valence-electron chi connectivity index (χ2n) is 6.13. The van der Waals surface area contributed by atoms with Crippen molar-refractivity contribution in [1.82, 2.24) is 9.97 Å². The Hall–Kier alpha value is -1.44. The molecule has 3 aromatic rings. The Morgan fingerprint density at radius 3 is 2.73 bits per heavy atom. The van der Waals surface area contributed by atoms with Crippen molar-refractivity contribution in [3.05, 3.63) is 46.1 Å². The third-order valence-corrected chi connectivity index (χ3v) is 7.16. The molecule has 0 spiro atoms. The van der Waals surface area contributed by atoms with Crippen LogP contribution in [0.3, 0.4) is 0 Å². The summed E-state index contributed by atoms with van der Waals surface area (Å²) < 4.78 is 13.0. The minimum Gasteiger partial charge on any atom is -0.293 e. The lowest BCUT2D eigenvalue weighted by molar-refractivity contribution is 0.102. The van der Waals surface area contributed by atoms with Gasteiger partial charge in [0, 0.05) is 15.8 Å². The first-order valence-electron chi connectivity index (χ1n) is 8.43. The van der Waals surface area contributed by atoms with Crippen LogP contribution >= 0.6 is 34.9 Å². The van der Waals surface area contributed by atoms with Crippen molar-refractivity contribution in [2.24, 2.45) is 0 Å². The molecule has 0 saturated heterocycles. The van der Waals surface area contributed by atoms with Crippen LogP contribution in [0.15, 0.2) is 34.4 Å². The normalized spacial score (nSPS) is 13.8. The molecule has 4 rings (SSSR count). The second kappa shape index (κ2) is 7.66. The molecule has 134 valence electrons. The average Bonchev–Trinajstić information content (AvgIpc) is 3.04. The molecule has 0 atom stereocenters. The van der Waals surface area contributed by atoms with Gasteiger partial charge in [-0.15, -0.1) is 11.3 Å². The summed E-state index contributed by atoms with van der Waals surface area (Å²) in [4.78, 5) is 24.3. The van der Waals surface area contributed by atoms with Crippen LogP contribution in [0.4, 0.5) is 4.39 Å². The van der Waals surface area contributed by atoms with E-state index in [9.17, 15) is 9.18 Å². The summed E-state index contributed by atoms with van der Waals surface area (Å²) in [6.45, 7) is 0. The van der Waals surface area contributed by atoms with Crippen LogP contribution < -0.4 is 0 Å². The smallest absolute Gasteiger partial charge is 0.189 e. The van der Waals surface area contributed by atoms with E-state index < -0.39 is 0 Å². The largest absolute Gasteiger partial charge is 0.293 e. The van der Waals surface area contributed by atoms with Crippen molar-refractivity contribution in [3.8, 4) is 0 Å². The SMILES string of the molecule is CSc1nc(SCC(=O)c2ccc(F)cc2)c2c3c(sc2n1)CCCC3. The third kappa shape index (κ3) is 3.52. The molecule has 0 fully saturated rings. The zero-order valence-electron chi connectivity index (χ0n) is 14.3. The number of thiophene rings is 1. The fraction of sp³-hybridized carbons (Fsp3) is 0.316. The predicted octanol–water partition coefficient (Wildman–Crippen LogP) is 5.41. The van der Waals surface area contributed by atoms with Gasteiger partial charge in [0.05, 0.1) is 5.75 Å². The van der Waals surface area contributed by atoms with Gasteiger partial charge in [-0.1, -0.05) is 23.5 Å². The van der Waals surface area contributed by atoms with Gasteiger partial charge in [-0.2, -0.15) is 0 Å². The van der Waals surface area contributed by atoms with Gasteiger partial charge in [-0.05, 0) is 61.8 Å². The van der Waals surface area contributed by atoms with Crippen LogP contribution in [0.25, 0.3) is 10.2 Å². The van der Waals surface area contributed by atoms with Gasteiger partial charge in [-0.25, -0.2) is 14.4 Å². The summed E-state index contributed by atoms with van der Waals surface area (Å²) in [5, 5.41) is 2.78. The Morgan fingerprint density at radius 2 is 1.96 bits per heavy atom. The molecule has 0 amide bonds. The maximum Gasteiger partial charge on any atom is 0.189 e. The van der Waals surface area contributed by atoms with E-state index in [-0.39, 0.29) is 17.4 Å². The number of halogens is 1. The molecule has 1 aromatic carbocycles. The quantitative estimate of drug-likeness (QED) is 0.246. The molecule has 2 heterocycles. The monoisotopic (exact) mass is 404 g/mol. The number of hydrogen-bond donors (Lipinski definition) is 0. The Morgan fingerprint density at radius 1 is 1.19 bits per heavy atom. The zero-order chi connectivity index (χ0) is 18.1. The van der Waals surface area contributed by atoms with Crippen LogP contribution in [0, 0.1) is 5.82 Å². The van der Waals surface area contributed by atoms with Crippen molar-refractivity contribution in [3.63, 3.8) is 0 Å². The van der Waals surface area contributed by atoms with Crippen molar-refractivity contribution in [1.29, 1.82) is 0 Å². The summed E-state index contributed by atoms with van der Waals surface area (Å²) in [6, 6.07) is 5.71. The van der Waals surface area contributed by atoms with E-state index in [0.717, 1.165) is 33.2 Å². The Balaban J connectivity index is 1.65. The number of nitrogens with zero attached hydrogens (tertiary/aromatic N) is 2. The molecule has 7 heteroatoms. The summed E-state index contributed by atoms with van der Waals surface area (Å²) in [7, 11) is 0. The summed E-state index contributed by atoms with van der Waals surface area (Å²) in [6.07, 6.45) is 6.57. The van der Waals surface area contributed by atoms with Crippen LogP contribution in [-0.4, -0.2) is 27.8 Å². The van der Waals surface area contributed by atoms with Crippen LogP contribution in [0.2, 0.25) is 0 Å². The molecule has 1 aliphatic rings. The van der Waals surface area contributed by atoms with Crippen molar-refractivity contribution < 1.29 is 9.18 Å². The summed E-state index contributed by atoms with van der Waals surface area (Å²) in [5.74, 6) is -0.0614.